The highest BCUT2D eigenvalue weighted by Crippen LogP contribution is 2.37. The summed E-state index contributed by atoms with van der Waals surface area (Å²) in [6.45, 7) is 6.09. The molecule has 1 heterocycles. The average molecular weight is 153 g/mol. The van der Waals surface area contributed by atoms with Crippen LogP contribution in [-0.4, -0.2) is 12.6 Å². The molecule has 0 amide bonds. The molecule has 4 unspecified atom stereocenters. The molecule has 4 atom stereocenters. The highest BCUT2D eigenvalue weighted by Gasteiger charge is 2.35. The molecule has 2 rings (SSSR count). The lowest BCUT2D eigenvalue weighted by Crippen LogP contribution is -2.36. The van der Waals surface area contributed by atoms with Crippen molar-refractivity contribution in [2.24, 2.45) is 17.8 Å². The molecule has 1 N–H and O–H groups in total. The molecule has 1 aliphatic carbocycles. The van der Waals surface area contributed by atoms with Crippen molar-refractivity contribution in [1.29, 1.82) is 0 Å². The lowest BCUT2D eigenvalue weighted by atomic mass is 9.73. The first-order valence-electron chi connectivity index (χ1n) is 5.00. The fraction of sp³-hybridized carbons (Fsp3) is 1.00. The quantitative estimate of drug-likeness (QED) is 0.561. The topological polar surface area (TPSA) is 12.0 Å². The van der Waals surface area contributed by atoms with E-state index in [1.165, 1.54) is 25.8 Å². The van der Waals surface area contributed by atoms with E-state index in [9.17, 15) is 0 Å². The Hall–Kier alpha value is -0.0400. The first-order valence-corrected chi connectivity index (χ1v) is 5.00. The molecule has 0 radical (unpaired) electrons. The maximum Gasteiger partial charge on any atom is 0.00985 e. The third-order valence-corrected chi connectivity index (χ3v) is 3.76. The lowest BCUT2D eigenvalue weighted by Gasteiger charge is -2.34. The van der Waals surface area contributed by atoms with E-state index >= 15 is 0 Å². The van der Waals surface area contributed by atoms with Crippen molar-refractivity contribution in [1.82, 2.24) is 5.32 Å². The summed E-state index contributed by atoms with van der Waals surface area (Å²) >= 11 is 0. The minimum Gasteiger partial charge on any atom is -0.314 e. The van der Waals surface area contributed by atoms with E-state index in [-0.39, 0.29) is 0 Å². The van der Waals surface area contributed by atoms with Gasteiger partial charge in [0.25, 0.3) is 0 Å². The molecular weight excluding hydrogens is 134 g/mol. The van der Waals surface area contributed by atoms with Crippen LogP contribution < -0.4 is 5.32 Å². The standard InChI is InChI=1S/C10H19N/c1-7-5-9-3-4-11-10(9)6-8(7)2/h7-11H,3-6H2,1-2H3. The van der Waals surface area contributed by atoms with Gasteiger partial charge in [0, 0.05) is 6.04 Å². The summed E-state index contributed by atoms with van der Waals surface area (Å²) in [7, 11) is 0. The third-order valence-electron chi connectivity index (χ3n) is 3.76. The maximum atomic E-state index is 3.61. The second-order valence-corrected chi connectivity index (χ2v) is 4.54. The Morgan fingerprint density at radius 3 is 2.64 bits per heavy atom. The van der Waals surface area contributed by atoms with Crippen molar-refractivity contribution in [2.45, 2.75) is 39.2 Å². The second-order valence-electron chi connectivity index (χ2n) is 4.54. The van der Waals surface area contributed by atoms with Gasteiger partial charge in [0.05, 0.1) is 0 Å². The van der Waals surface area contributed by atoms with Crippen LogP contribution in [0.1, 0.15) is 33.1 Å². The third kappa shape index (κ3) is 1.31. The van der Waals surface area contributed by atoms with Crippen molar-refractivity contribution < 1.29 is 0 Å². The average Bonchev–Trinajstić information content (AvgIpc) is 2.36. The molecule has 0 spiro atoms. The summed E-state index contributed by atoms with van der Waals surface area (Å²) in [5, 5.41) is 3.61. The largest absolute Gasteiger partial charge is 0.314 e. The van der Waals surface area contributed by atoms with Gasteiger partial charge in [0.2, 0.25) is 0 Å². The zero-order valence-corrected chi connectivity index (χ0v) is 7.64. The van der Waals surface area contributed by atoms with E-state index in [0.717, 1.165) is 23.8 Å². The van der Waals surface area contributed by atoms with Crippen LogP contribution in [0.25, 0.3) is 0 Å². The van der Waals surface area contributed by atoms with E-state index < -0.39 is 0 Å². The molecule has 11 heavy (non-hydrogen) atoms. The van der Waals surface area contributed by atoms with Gasteiger partial charge in [-0.1, -0.05) is 13.8 Å². The van der Waals surface area contributed by atoms with Gasteiger partial charge in [-0.05, 0) is 43.6 Å². The normalized spacial score (nSPS) is 50.7. The van der Waals surface area contributed by atoms with E-state index in [2.05, 4.69) is 19.2 Å². The van der Waals surface area contributed by atoms with E-state index in [1.54, 1.807) is 0 Å². The molecule has 0 bridgehead atoms. The zero-order valence-electron chi connectivity index (χ0n) is 7.64. The lowest BCUT2D eigenvalue weighted by molar-refractivity contribution is 0.189. The molecule has 1 heteroatoms. The molecule has 1 nitrogen and oxygen atoms in total. The van der Waals surface area contributed by atoms with E-state index in [1.807, 2.05) is 0 Å². The van der Waals surface area contributed by atoms with E-state index in [4.69, 9.17) is 0 Å². The fourth-order valence-electron chi connectivity index (χ4n) is 2.72. The van der Waals surface area contributed by atoms with Crippen molar-refractivity contribution in [3.63, 3.8) is 0 Å². The molecule has 1 saturated heterocycles. The Labute approximate surface area is 69.6 Å². The van der Waals surface area contributed by atoms with Gasteiger partial charge < -0.3 is 5.32 Å². The van der Waals surface area contributed by atoms with Crippen LogP contribution in [0, 0.1) is 17.8 Å². The smallest absolute Gasteiger partial charge is 0.00985 e. The van der Waals surface area contributed by atoms with Crippen molar-refractivity contribution in [3.05, 3.63) is 0 Å². The predicted octanol–water partition coefficient (Wildman–Crippen LogP) is 2.03. The number of rotatable bonds is 0. The summed E-state index contributed by atoms with van der Waals surface area (Å²) < 4.78 is 0. The zero-order chi connectivity index (χ0) is 7.84. The highest BCUT2D eigenvalue weighted by molar-refractivity contribution is 4.91. The summed E-state index contributed by atoms with van der Waals surface area (Å²) in [6, 6.07) is 0.876. The fourth-order valence-corrected chi connectivity index (χ4v) is 2.72. The van der Waals surface area contributed by atoms with Crippen LogP contribution >= 0.6 is 0 Å². The van der Waals surface area contributed by atoms with Crippen LogP contribution in [0.5, 0.6) is 0 Å². The second kappa shape index (κ2) is 2.78. The molecular formula is C10H19N. The summed E-state index contributed by atoms with van der Waals surface area (Å²) in [5.41, 5.74) is 0. The van der Waals surface area contributed by atoms with Gasteiger partial charge in [-0.25, -0.2) is 0 Å². The van der Waals surface area contributed by atoms with Crippen molar-refractivity contribution in [3.8, 4) is 0 Å². The van der Waals surface area contributed by atoms with Gasteiger partial charge in [-0.2, -0.15) is 0 Å². The Morgan fingerprint density at radius 1 is 1.09 bits per heavy atom. The van der Waals surface area contributed by atoms with Crippen molar-refractivity contribution >= 4 is 0 Å². The first kappa shape index (κ1) is 7.60. The van der Waals surface area contributed by atoms with Crippen LogP contribution in [0.3, 0.4) is 0 Å². The van der Waals surface area contributed by atoms with Crippen LogP contribution in [-0.2, 0) is 0 Å². The summed E-state index contributed by atoms with van der Waals surface area (Å²) in [4.78, 5) is 0. The molecule has 2 aliphatic rings. The van der Waals surface area contributed by atoms with Gasteiger partial charge in [-0.3, -0.25) is 0 Å². The Morgan fingerprint density at radius 2 is 1.82 bits per heavy atom. The van der Waals surface area contributed by atoms with Crippen molar-refractivity contribution in [2.75, 3.05) is 6.54 Å². The summed E-state index contributed by atoms with van der Waals surface area (Å²) in [6.07, 6.45) is 4.33. The Balaban J connectivity index is 2.00. The first-order chi connectivity index (χ1) is 5.27. The van der Waals surface area contributed by atoms with E-state index in [0.29, 0.717) is 0 Å². The number of hydrogen-bond donors (Lipinski definition) is 1. The number of nitrogens with one attached hydrogen (secondary N) is 1. The molecule has 1 aliphatic heterocycles. The van der Waals surface area contributed by atoms with Crippen LogP contribution in [0.2, 0.25) is 0 Å². The predicted molar refractivity (Wildman–Crippen MR) is 47.5 cm³/mol. The number of fused-ring (bicyclic) bond motifs is 1. The minimum absolute atomic E-state index is 0.876. The SMILES string of the molecule is CC1CC2CCNC2CC1C. The number of hydrogen-bond acceptors (Lipinski definition) is 1. The van der Waals surface area contributed by atoms with Gasteiger partial charge in [-0.15, -0.1) is 0 Å². The summed E-state index contributed by atoms with van der Waals surface area (Å²) in [5.74, 6) is 2.93. The van der Waals surface area contributed by atoms with Crippen LogP contribution in [0.4, 0.5) is 0 Å². The molecule has 64 valence electrons. The Bertz CT molecular complexity index is 128. The monoisotopic (exact) mass is 153 g/mol. The van der Waals surface area contributed by atoms with Gasteiger partial charge in [0.15, 0.2) is 0 Å². The maximum absolute atomic E-state index is 3.61. The molecule has 1 saturated carbocycles. The minimum atomic E-state index is 0.876. The van der Waals surface area contributed by atoms with Gasteiger partial charge >= 0.3 is 0 Å². The molecule has 0 aromatic carbocycles. The van der Waals surface area contributed by atoms with Gasteiger partial charge in [0.1, 0.15) is 0 Å². The van der Waals surface area contributed by atoms with Crippen LogP contribution in [0.15, 0.2) is 0 Å². The molecule has 0 aromatic rings. The Kier molecular flexibility index (Phi) is 1.92. The molecule has 0 aromatic heterocycles. The highest BCUT2D eigenvalue weighted by atomic mass is 15.0. The molecule has 2 fully saturated rings.